The lowest BCUT2D eigenvalue weighted by molar-refractivity contribution is -0.124. The Morgan fingerprint density at radius 2 is 1.86 bits per heavy atom. The van der Waals surface area contributed by atoms with Gasteiger partial charge < -0.3 is 10.2 Å². The van der Waals surface area contributed by atoms with Crippen LogP contribution in [0.25, 0.3) is 0 Å². The molecule has 0 aromatic heterocycles. The summed E-state index contributed by atoms with van der Waals surface area (Å²) in [6.45, 7) is 2.03. The molecule has 1 heterocycles. The van der Waals surface area contributed by atoms with Crippen molar-refractivity contribution in [2.75, 3.05) is 30.4 Å². The molecule has 3 rings (SSSR count). The second kappa shape index (κ2) is 8.02. The van der Waals surface area contributed by atoms with E-state index in [0.717, 1.165) is 29.8 Å². The van der Waals surface area contributed by atoms with E-state index in [1.54, 1.807) is 18.9 Å². The summed E-state index contributed by atoms with van der Waals surface area (Å²) in [6.07, 6.45) is 0.772. The van der Waals surface area contributed by atoms with Gasteiger partial charge in [0.25, 0.3) is 0 Å². The van der Waals surface area contributed by atoms with Gasteiger partial charge in [-0.25, -0.2) is 13.2 Å². The number of carbonyl (C=O) groups excluding carboxylic acids is 2. The van der Waals surface area contributed by atoms with Crippen LogP contribution in [0.15, 0.2) is 36.4 Å². The fourth-order valence-corrected chi connectivity index (χ4v) is 3.16. The summed E-state index contributed by atoms with van der Waals surface area (Å²) < 4.78 is 39.9. The van der Waals surface area contributed by atoms with E-state index in [-0.39, 0.29) is 12.5 Å². The molecule has 0 radical (unpaired) electrons. The molecule has 0 bridgehead atoms. The van der Waals surface area contributed by atoms with Gasteiger partial charge >= 0.3 is 0 Å². The lowest BCUT2D eigenvalue weighted by atomic mass is 10.2. The minimum atomic E-state index is -1.65. The highest BCUT2D eigenvalue weighted by Crippen LogP contribution is 2.28. The highest BCUT2D eigenvalue weighted by molar-refractivity contribution is 5.99. The van der Waals surface area contributed by atoms with Crippen LogP contribution in [0.5, 0.6) is 0 Å². The van der Waals surface area contributed by atoms with Gasteiger partial charge in [-0.2, -0.15) is 0 Å². The van der Waals surface area contributed by atoms with Gasteiger partial charge in [-0.15, -0.1) is 0 Å². The van der Waals surface area contributed by atoms with Crippen LogP contribution in [0, 0.1) is 17.5 Å². The zero-order valence-electron chi connectivity index (χ0n) is 15.5. The third-order valence-electron chi connectivity index (χ3n) is 4.87. The van der Waals surface area contributed by atoms with Crippen molar-refractivity contribution in [3.05, 3.63) is 59.4 Å². The SMILES string of the molecule is C[C@H](C(=O)N1CCc2ccccc21)N(C)CC(=O)Nc1ccc(F)c(F)c1F. The van der Waals surface area contributed by atoms with E-state index in [1.165, 1.54) is 4.90 Å². The average molecular weight is 391 g/mol. The second-order valence-corrected chi connectivity index (χ2v) is 6.73. The summed E-state index contributed by atoms with van der Waals surface area (Å²) in [5.41, 5.74) is 1.50. The van der Waals surface area contributed by atoms with Gasteiger partial charge in [-0.1, -0.05) is 18.2 Å². The van der Waals surface area contributed by atoms with Gasteiger partial charge in [-0.05, 0) is 44.2 Å². The first kappa shape index (κ1) is 19.9. The molecule has 0 saturated heterocycles. The Balaban J connectivity index is 1.63. The van der Waals surface area contributed by atoms with E-state index in [9.17, 15) is 22.8 Å². The van der Waals surface area contributed by atoms with E-state index in [2.05, 4.69) is 5.32 Å². The number of hydrogen-bond acceptors (Lipinski definition) is 3. The first-order chi connectivity index (χ1) is 13.3. The number of rotatable bonds is 5. The molecule has 2 amide bonds. The van der Waals surface area contributed by atoms with E-state index in [4.69, 9.17) is 0 Å². The Labute approximate surface area is 160 Å². The van der Waals surface area contributed by atoms with Crippen molar-refractivity contribution in [2.24, 2.45) is 0 Å². The van der Waals surface area contributed by atoms with Crippen LogP contribution in [0.3, 0.4) is 0 Å². The topological polar surface area (TPSA) is 52.7 Å². The largest absolute Gasteiger partial charge is 0.322 e. The number of hydrogen-bond donors (Lipinski definition) is 1. The molecule has 0 aliphatic carbocycles. The minimum absolute atomic E-state index is 0.153. The van der Waals surface area contributed by atoms with Crippen molar-refractivity contribution in [3.8, 4) is 0 Å². The van der Waals surface area contributed by atoms with Gasteiger partial charge in [0.15, 0.2) is 17.5 Å². The number of fused-ring (bicyclic) bond motifs is 1. The zero-order chi connectivity index (χ0) is 20.4. The highest BCUT2D eigenvalue weighted by Gasteiger charge is 2.30. The Hall–Kier alpha value is -2.87. The molecule has 0 fully saturated rings. The monoisotopic (exact) mass is 391 g/mol. The summed E-state index contributed by atoms with van der Waals surface area (Å²) >= 11 is 0. The van der Waals surface area contributed by atoms with Crippen molar-refractivity contribution in [1.82, 2.24) is 4.90 Å². The minimum Gasteiger partial charge on any atom is -0.322 e. The predicted octanol–water partition coefficient (Wildman–Crippen LogP) is 2.95. The number of para-hydroxylation sites is 1. The first-order valence-electron chi connectivity index (χ1n) is 8.82. The van der Waals surface area contributed by atoms with Crippen LogP contribution in [0.1, 0.15) is 12.5 Å². The lowest BCUT2D eigenvalue weighted by Crippen LogP contribution is -2.47. The number of halogens is 3. The second-order valence-electron chi connectivity index (χ2n) is 6.73. The van der Waals surface area contributed by atoms with Gasteiger partial charge in [0.05, 0.1) is 18.3 Å². The fourth-order valence-electron chi connectivity index (χ4n) is 3.16. The van der Waals surface area contributed by atoms with Crippen molar-refractivity contribution >= 4 is 23.2 Å². The van der Waals surface area contributed by atoms with E-state index in [0.29, 0.717) is 6.54 Å². The number of carbonyl (C=O) groups is 2. The van der Waals surface area contributed by atoms with Gasteiger partial charge in [0.1, 0.15) is 0 Å². The Bertz CT molecular complexity index is 920. The van der Waals surface area contributed by atoms with Crippen molar-refractivity contribution < 1.29 is 22.8 Å². The lowest BCUT2D eigenvalue weighted by Gasteiger charge is -2.28. The van der Waals surface area contributed by atoms with Crippen molar-refractivity contribution in [1.29, 1.82) is 0 Å². The van der Waals surface area contributed by atoms with Crippen LogP contribution < -0.4 is 10.2 Å². The zero-order valence-corrected chi connectivity index (χ0v) is 15.5. The van der Waals surface area contributed by atoms with Crippen LogP contribution in [0.4, 0.5) is 24.5 Å². The first-order valence-corrected chi connectivity index (χ1v) is 8.82. The Kier molecular flexibility index (Phi) is 5.69. The predicted molar refractivity (Wildman–Crippen MR) is 99.5 cm³/mol. The van der Waals surface area contributed by atoms with Crippen LogP contribution in [-0.2, 0) is 16.0 Å². The summed E-state index contributed by atoms with van der Waals surface area (Å²) in [6, 6.07) is 8.71. The molecule has 1 aliphatic rings. The van der Waals surface area contributed by atoms with Crippen LogP contribution in [-0.4, -0.2) is 42.9 Å². The summed E-state index contributed by atoms with van der Waals surface area (Å²) in [7, 11) is 1.59. The van der Waals surface area contributed by atoms with E-state index >= 15 is 0 Å². The van der Waals surface area contributed by atoms with Crippen LogP contribution in [0.2, 0.25) is 0 Å². The molecule has 8 heteroatoms. The molecule has 0 saturated carbocycles. The molecule has 1 aliphatic heterocycles. The maximum atomic E-state index is 13.7. The van der Waals surface area contributed by atoms with Gasteiger partial charge in [0, 0.05) is 12.2 Å². The van der Waals surface area contributed by atoms with Crippen molar-refractivity contribution in [2.45, 2.75) is 19.4 Å². The highest BCUT2D eigenvalue weighted by atomic mass is 19.2. The number of benzene rings is 2. The molecule has 2 aromatic carbocycles. The standard InChI is InChI=1S/C20H20F3N3O2/c1-12(20(28)26-10-9-13-5-3-4-6-16(13)26)25(2)11-17(27)24-15-8-7-14(21)18(22)19(15)23/h3-8,12H,9-11H2,1-2H3,(H,24,27)/t12-/m1/s1. The quantitative estimate of drug-likeness (QED) is 0.798. The van der Waals surface area contributed by atoms with E-state index < -0.39 is 35.1 Å². The summed E-state index contributed by atoms with van der Waals surface area (Å²) in [5, 5.41) is 2.20. The maximum Gasteiger partial charge on any atom is 0.244 e. The van der Waals surface area contributed by atoms with Gasteiger partial charge in [0.2, 0.25) is 11.8 Å². The number of amides is 2. The average Bonchev–Trinajstić information content (AvgIpc) is 3.11. The number of nitrogens with zero attached hydrogens (tertiary/aromatic N) is 2. The third-order valence-corrected chi connectivity index (χ3v) is 4.87. The van der Waals surface area contributed by atoms with Gasteiger partial charge in [-0.3, -0.25) is 14.5 Å². The molecule has 5 nitrogen and oxygen atoms in total. The molecule has 0 spiro atoms. The Morgan fingerprint density at radius 1 is 1.14 bits per heavy atom. The molecule has 1 atom stereocenters. The maximum absolute atomic E-state index is 13.7. The molecule has 0 unspecified atom stereocenters. The number of likely N-dealkylation sites (N-methyl/N-ethyl adjacent to an activating group) is 1. The summed E-state index contributed by atoms with van der Waals surface area (Å²) in [4.78, 5) is 28.2. The molecule has 148 valence electrons. The Morgan fingerprint density at radius 3 is 2.61 bits per heavy atom. The molecule has 28 heavy (non-hydrogen) atoms. The molecular formula is C20H20F3N3O2. The smallest absolute Gasteiger partial charge is 0.244 e. The third kappa shape index (κ3) is 3.87. The fraction of sp³-hybridized carbons (Fsp3) is 0.300. The van der Waals surface area contributed by atoms with E-state index in [1.807, 2.05) is 24.3 Å². The molecule has 1 N–H and O–H groups in total. The molecule has 2 aromatic rings. The summed E-state index contributed by atoms with van der Waals surface area (Å²) in [5.74, 6) is -5.25. The van der Waals surface area contributed by atoms with Crippen molar-refractivity contribution in [3.63, 3.8) is 0 Å². The molecular weight excluding hydrogens is 371 g/mol. The number of anilines is 2. The number of nitrogens with one attached hydrogen (secondary N) is 1. The normalized spacial score (nSPS) is 14.1. The van der Waals surface area contributed by atoms with Crippen LogP contribution >= 0.6 is 0 Å².